The van der Waals surface area contributed by atoms with Crippen molar-refractivity contribution in [1.82, 2.24) is 15.2 Å². The summed E-state index contributed by atoms with van der Waals surface area (Å²) < 4.78 is 6.81. The number of hydrazone groups is 1. The number of unbranched alkanes of at least 4 members (excludes halogenated alkanes) is 1. The number of aromatic nitrogens is 2. The Morgan fingerprint density at radius 3 is 2.47 bits per heavy atom. The van der Waals surface area contributed by atoms with Crippen LogP contribution >= 0.6 is 0 Å². The van der Waals surface area contributed by atoms with Crippen LogP contribution < -0.4 is 15.7 Å². The Hall–Kier alpha value is -3.48. The Bertz CT molecular complexity index is 1120. The van der Waals surface area contributed by atoms with E-state index in [-0.39, 0.29) is 11.3 Å². The average Bonchev–Trinajstić information content (AvgIpc) is 2.77. The second kappa shape index (κ2) is 9.82. The van der Waals surface area contributed by atoms with E-state index in [1.807, 2.05) is 45.0 Å². The molecule has 30 heavy (non-hydrogen) atoms. The number of ether oxygens (including phenoxy) is 1. The molecule has 1 amide bonds. The van der Waals surface area contributed by atoms with Gasteiger partial charge in [0.25, 0.3) is 11.5 Å². The maximum atomic E-state index is 12.9. The van der Waals surface area contributed by atoms with Crippen LogP contribution in [0.15, 0.2) is 58.4 Å². The molecule has 0 spiro atoms. The Labute approximate surface area is 175 Å². The lowest BCUT2D eigenvalue weighted by Crippen LogP contribution is -2.29. The predicted octanol–water partition coefficient (Wildman–Crippen LogP) is 3.75. The molecule has 7 heteroatoms. The van der Waals surface area contributed by atoms with E-state index in [1.54, 1.807) is 24.3 Å². The van der Waals surface area contributed by atoms with Gasteiger partial charge in [-0.1, -0.05) is 31.5 Å². The highest BCUT2D eigenvalue weighted by Gasteiger charge is 2.16. The van der Waals surface area contributed by atoms with Gasteiger partial charge in [0.15, 0.2) is 5.69 Å². The molecule has 0 aliphatic rings. The number of nitrogens with one attached hydrogen (secondary N) is 1. The summed E-state index contributed by atoms with van der Waals surface area (Å²) >= 11 is 0. The van der Waals surface area contributed by atoms with Gasteiger partial charge in [0, 0.05) is 11.9 Å². The molecule has 0 atom stereocenters. The molecular weight excluding hydrogens is 380 g/mol. The van der Waals surface area contributed by atoms with Crippen LogP contribution in [0.3, 0.4) is 0 Å². The van der Waals surface area contributed by atoms with E-state index in [2.05, 4.69) is 15.6 Å². The van der Waals surface area contributed by atoms with Gasteiger partial charge in [0.05, 0.1) is 17.7 Å². The third-order valence-corrected chi connectivity index (χ3v) is 4.71. The van der Waals surface area contributed by atoms with Gasteiger partial charge in [-0.3, -0.25) is 9.59 Å². The molecule has 0 saturated carbocycles. The van der Waals surface area contributed by atoms with Crippen LogP contribution in [0.25, 0.3) is 10.8 Å². The number of nitrogens with zero attached hydrogens (tertiary/aromatic N) is 3. The van der Waals surface area contributed by atoms with Gasteiger partial charge in [0.1, 0.15) is 5.75 Å². The van der Waals surface area contributed by atoms with E-state index >= 15 is 0 Å². The number of amides is 1. The summed E-state index contributed by atoms with van der Waals surface area (Å²) in [5.41, 5.74) is 4.08. The molecule has 0 radical (unpaired) electrons. The van der Waals surface area contributed by atoms with Crippen molar-refractivity contribution in [2.45, 2.75) is 40.2 Å². The number of carbonyl (C=O) groups is 1. The zero-order valence-corrected chi connectivity index (χ0v) is 17.5. The fourth-order valence-corrected chi connectivity index (χ4v) is 3.07. The van der Waals surface area contributed by atoms with Crippen molar-refractivity contribution >= 4 is 22.4 Å². The molecule has 3 aromatic rings. The molecule has 3 rings (SSSR count). The molecule has 1 aromatic heterocycles. The lowest BCUT2D eigenvalue weighted by molar-refractivity contribution is 0.0949. The SMILES string of the molecule is CCCCn1nc(C(=O)N/N=C(/C)c2ccc(OCC)cc2)c2ccccc2c1=O. The van der Waals surface area contributed by atoms with Crippen molar-refractivity contribution in [1.29, 1.82) is 0 Å². The summed E-state index contributed by atoms with van der Waals surface area (Å²) in [5, 5.41) is 9.53. The van der Waals surface area contributed by atoms with Crippen LogP contribution in [0, 0.1) is 0 Å². The monoisotopic (exact) mass is 406 g/mol. The van der Waals surface area contributed by atoms with E-state index in [1.165, 1.54) is 4.68 Å². The van der Waals surface area contributed by atoms with Crippen molar-refractivity contribution in [2.75, 3.05) is 6.61 Å². The van der Waals surface area contributed by atoms with Gasteiger partial charge in [-0.15, -0.1) is 0 Å². The largest absolute Gasteiger partial charge is 0.494 e. The molecule has 1 N–H and O–H groups in total. The number of hydrogen-bond donors (Lipinski definition) is 1. The summed E-state index contributed by atoms with van der Waals surface area (Å²) in [6.45, 7) is 6.85. The van der Waals surface area contributed by atoms with Crippen LogP contribution in [-0.2, 0) is 6.54 Å². The van der Waals surface area contributed by atoms with Crippen molar-refractivity contribution < 1.29 is 9.53 Å². The van der Waals surface area contributed by atoms with E-state index in [0.717, 1.165) is 24.2 Å². The molecule has 0 unspecified atom stereocenters. The van der Waals surface area contributed by atoms with Gasteiger partial charge in [-0.2, -0.15) is 10.2 Å². The Morgan fingerprint density at radius 1 is 1.10 bits per heavy atom. The van der Waals surface area contributed by atoms with E-state index < -0.39 is 5.91 Å². The number of rotatable bonds is 8. The molecule has 0 bridgehead atoms. The van der Waals surface area contributed by atoms with Crippen LogP contribution in [0.5, 0.6) is 5.75 Å². The number of carbonyl (C=O) groups excluding carboxylic acids is 1. The summed E-state index contributed by atoms with van der Waals surface area (Å²) in [4.78, 5) is 25.5. The zero-order chi connectivity index (χ0) is 21.5. The standard InChI is InChI=1S/C23H26N4O3/c1-4-6-15-27-23(29)20-10-8-7-9-19(20)21(26-27)22(28)25-24-16(3)17-11-13-18(14-12-17)30-5-2/h7-14H,4-6,15H2,1-3H3,(H,25,28)/b24-16-. The molecule has 2 aromatic carbocycles. The van der Waals surface area contributed by atoms with Crippen molar-refractivity contribution in [2.24, 2.45) is 5.10 Å². The quantitative estimate of drug-likeness (QED) is 0.456. The Balaban J connectivity index is 1.88. The highest BCUT2D eigenvalue weighted by molar-refractivity contribution is 6.06. The molecule has 0 aliphatic carbocycles. The minimum Gasteiger partial charge on any atom is -0.494 e. The van der Waals surface area contributed by atoms with E-state index in [9.17, 15) is 9.59 Å². The van der Waals surface area contributed by atoms with Crippen LogP contribution in [0.1, 0.15) is 49.7 Å². The highest BCUT2D eigenvalue weighted by Crippen LogP contribution is 2.15. The Kier molecular flexibility index (Phi) is 6.95. The summed E-state index contributed by atoms with van der Waals surface area (Å²) in [6, 6.07) is 14.5. The summed E-state index contributed by atoms with van der Waals surface area (Å²) in [5.74, 6) is 0.324. The van der Waals surface area contributed by atoms with Crippen LogP contribution in [-0.4, -0.2) is 28.0 Å². The average molecular weight is 406 g/mol. The third-order valence-electron chi connectivity index (χ3n) is 4.71. The molecule has 1 heterocycles. The fraction of sp³-hybridized carbons (Fsp3) is 0.304. The minimum absolute atomic E-state index is 0.185. The van der Waals surface area contributed by atoms with Gasteiger partial charge in [-0.25, -0.2) is 10.1 Å². The lowest BCUT2D eigenvalue weighted by Gasteiger charge is -2.10. The van der Waals surface area contributed by atoms with Gasteiger partial charge in [-0.05, 0) is 56.2 Å². The summed E-state index contributed by atoms with van der Waals surface area (Å²) in [6.07, 6.45) is 1.73. The highest BCUT2D eigenvalue weighted by atomic mass is 16.5. The first kappa shape index (κ1) is 21.2. The van der Waals surface area contributed by atoms with Crippen molar-refractivity contribution in [3.63, 3.8) is 0 Å². The van der Waals surface area contributed by atoms with Crippen molar-refractivity contribution in [3.05, 3.63) is 70.1 Å². The van der Waals surface area contributed by atoms with Gasteiger partial charge in [0.2, 0.25) is 0 Å². The second-order valence-electron chi connectivity index (χ2n) is 6.87. The molecule has 0 saturated heterocycles. The fourth-order valence-electron chi connectivity index (χ4n) is 3.07. The molecule has 156 valence electrons. The normalized spacial score (nSPS) is 11.5. The second-order valence-corrected chi connectivity index (χ2v) is 6.87. The van der Waals surface area contributed by atoms with Gasteiger partial charge >= 0.3 is 0 Å². The van der Waals surface area contributed by atoms with Crippen molar-refractivity contribution in [3.8, 4) is 5.75 Å². The first-order valence-electron chi connectivity index (χ1n) is 10.1. The number of aryl methyl sites for hydroxylation is 1. The van der Waals surface area contributed by atoms with E-state index in [0.29, 0.717) is 29.6 Å². The number of fused-ring (bicyclic) bond motifs is 1. The number of benzene rings is 2. The summed E-state index contributed by atoms with van der Waals surface area (Å²) in [7, 11) is 0. The maximum absolute atomic E-state index is 12.9. The van der Waals surface area contributed by atoms with E-state index in [4.69, 9.17) is 4.74 Å². The third kappa shape index (κ3) is 4.74. The topological polar surface area (TPSA) is 85.6 Å². The molecule has 0 fully saturated rings. The van der Waals surface area contributed by atoms with Gasteiger partial charge < -0.3 is 4.74 Å². The Morgan fingerprint density at radius 2 is 1.80 bits per heavy atom. The zero-order valence-electron chi connectivity index (χ0n) is 17.5. The molecule has 7 nitrogen and oxygen atoms in total. The molecule has 0 aliphatic heterocycles. The smallest absolute Gasteiger partial charge is 0.292 e. The van der Waals surface area contributed by atoms with Crippen LogP contribution in [0.2, 0.25) is 0 Å². The minimum atomic E-state index is -0.457. The maximum Gasteiger partial charge on any atom is 0.292 e. The first-order valence-corrected chi connectivity index (χ1v) is 10.1. The number of hydrogen-bond acceptors (Lipinski definition) is 5. The predicted molar refractivity (Wildman–Crippen MR) is 118 cm³/mol. The van der Waals surface area contributed by atoms with Crippen LogP contribution in [0.4, 0.5) is 0 Å². The first-order chi connectivity index (χ1) is 14.5. The lowest BCUT2D eigenvalue weighted by atomic mass is 10.1. The molecular formula is C23H26N4O3.